The molecule has 0 heterocycles. The first-order valence-electron chi connectivity index (χ1n) is 9.22. The topological polar surface area (TPSA) is 71.4 Å². The smallest absolute Gasteiger partial charge is 0.314 e. The number of ether oxygens (including phenoxy) is 1. The number of aliphatic hydroxyl groups excluding tert-OH is 2. The van der Waals surface area contributed by atoms with Gasteiger partial charge < -0.3 is 28.1 Å². The molecule has 25 heavy (non-hydrogen) atoms. The SMILES string of the molecule is CN(CCO)CC(O)COCCC[Si](C)(O[Si](C)(C)C)O[Si](C)(C)C. The monoisotopic (exact) mass is 411 g/mol. The van der Waals surface area contributed by atoms with Crippen molar-refractivity contribution in [1.29, 1.82) is 0 Å². The predicted molar refractivity (Wildman–Crippen MR) is 111 cm³/mol. The second-order valence-corrected chi connectivity index (χ2v) is 21.7. The summed E-state index contributed by atoms with van der Waals surface area (Å²) in [6, 6.07) is 0.919. The van der Waals surface area contributed by atoms with Crippen LogP contribution in [0.3, 0.4) is 0 Å². The molecule has 0 fully saturated rings. The molecule has 0 rings (SSSR count). The summed E-state index contributed by atoms with van der Waals surface area (Å²) in [5, 5.41) is 18.8. The van der Waals surface area contributed by atoms with Crippen LogP contribution in [0.25, 0.3) is 0 Å². The second kappa shape index (κ2) is 11.3. The van der Waals surface area contributed by atoms with Gasteiger partial charge in [-0.05, 0) is 65.3 Å². The van der Waals surface area contributed by atoms with Gasteiger partial charge in [-0.15, -0.1) is 0 Å². The third kappa shape index (κ3) is 15.2. The lowest BCUT2D eigenvalue weighted by molar-refractivity contribution is 0.0187. The van der Waals surface area contributed by atoms with Gasteiger partial charge in [-0.1, -0.05) is 0 Å². The van der Waals surface area contributed by atoms with Gasteiger partial charge in [-0.3, -0.25) is 0 Å². The van der Waals surface area contributed by atoms with E-state index in [0.717, 1.165) is 12.5 Å². The minimum absolute atomic E-state index is 0.0987. The molecule has 0 radical (unpaired) electrons. The zero-order chi connectivity index (χ0) is 19.7. The Hall–Kier alpha value is 0.411. The first kappa shape index (κ1) is 25.4. The summed E-state index contributed by atoms with van der Waals surface area (Å²) in [6.45, 7) is 17.5. The maximum absolute atomic E-state index is 9.93. The van der Waals surface area contributed by atoms with E-state index in [4.69, 9.17) is 18.1 Å². The largest absolute Gasteiger partial charge is 0.437 e. The highest BCUT2D eigenvalue weighted by Gasteiger charge is 2.39. The van der Waals surface area contributed by atoms with Gasteiger partial charge in [0.2, 0.25) is 0 Å². The van der Waals surface area contributed by atoms with Crippen molar-refractivity contribution in [2.24, 2.45) is 0 Å². The van der Waals surface area contributed by atoms with E-state index in [1.165, 1.54) is 0 Å². The van der Waals surface area contributed by atoms with Crippen LogP contribution in [-0.2, 0) is 13.0 Å². The lowest BCUT2D eigenvalue weighted by atomic mass is 10.3. The van der Waals surface area contributed by atoms with Gasteiger partial charge >= 0.3 is 8.56 Å². The van der Waals surface area contributed by atoms with Crippen molar-refractivity contribution < 1.29 is 23.2 Å². The Morgan fingerprint density at radius 1 is 0.960 bits per heavy atom. The van der Waals surface area contributed by atoms with Crippen molar-refractivity contribution in [3.63, 3.8) is 0 Å². The molecule has 0 amide bonds. The molecule has 2 N–H and O–H groups in total. The fourth-order valence-corrected chi connectivity index (χ4v) is 15.3. The number of nitrogens with zero attached hydrogens (tertiary/aromatic N) is 1. The molecular weight excluding hydrogens is 370 g/mol. The zero-order valence-corrected chi connectivity index (χ0v) is 20.6. The Morgan fingerprint density at radius 3 is 1.92 bits per heavy atom. The molecule has 0 aliphatic carbocycles. The standard InChI is InChI=1S/C16H41NO5Si3/c1-17(10-11-18)14-16(19)15-20-12-9-13-25(8,21-23(2,3)4)22-24(5,6)7/h16,18-19H,9-15H2,1-8H3. The van der Waals surface area contributed by atoms with E-state index >= 15 is 0 Å². The van der Waals surface area contributed by atoms with Gasteiger partial charge in [0.25, 0.3) is 0 Å². The maximum Gasteiger partial charge on any atom is 0.314 e. The van der Waals surface area contributed by atoms with Crippen LogP contribution < -0.4 is 0 Å². The first-order valence-corrected chi connectivity index (χ1v) is 18.6. The normalized spacial score (nSPS) is 15.0. The van der Waals surface area contributed by atoms with E-state index < -0.39 is 31.3 Å². The number of likely N-dealkylation sites (N-methyl/N-ethyl adjacent to an activating group) is 1. The highest BCUT2D eigenvalue weighted by atomic mass is 28.5. The highest BCUT2D eigenvalue weighted by Crippen LogP contribution is 2.25. The Bertz CT molecular complexity index is 345. The Labute approximate surface area is 158 Å². The quantitative estimate of drug-likeness (QED) is 0.338. The Morgan fingerprint density at radius 2 is 1.48 bits per heavy atom. The van der Waals surface area contributed by atoms with Crippen molar-refractivity contribution >= 4 is 25.2 Å². The lowest BCUT2D eigenvalue weighted by Crippen LogP contribution is -2.52. The highest BCUT2D eigenvalue weighted by molar-refractivity contribution is 6.87. The van der Waals surface area contributed by atoms with Crippen molar-refractivity contribution in [3.8, 4) is 0 Å². The average Bonchev–Trinajstić information content (AvgIpc) is 2.33. The van der Waals surface area contributed by atoms with Gasteiger partial charge in [0.05, 0.1) is 19.3 Å². The molecule has 0 aromatic rings. The molecule has 0 bridgehead atoms. The van der Waals surface area contributed by atoms with Crippen LogP contribution in [0.15, 0.2) is 0 Å². The molecule has 0 aromatic carbocycles. The fourth-order valence-electron chi connectivity index (χ4n) is 2.81. The number of rotatable bonds is 14. The number of hydrogen-bond donors (Lipinski definition) is 2. The minimum atomic E-state index is -2.19. The molecule has 0 aromatic heterocycles. The van der Waals surface area contributed by atoms with E-state index in [1.807, 2.05) is 11.9 Å². The first-order chi connectivity index (χ1) is 11.3. The predicted octanol–water partition coefficient (Wildman–Crippen LogP) is 2.45. The van der Waals surface area contributed by atoms with Gasteiger partial charge in [-0.25, -0.2) is 0 Å². The van der Waals surface area contributed by atoms with Crippen LogP contribution in [0.5, 0.6) is 0 Å². The molecule has 0 saturated carbocycles. The summed E-state index contributed by atoms with van der Waals surface area (Å²) in [6.07, 6.45) is 0.355. The van der Waals surface area contributed by atoms with Crippen molar-refractivity contribution in [3.05, 3.63) is 0 Å². The van der Waals surface area contributed by atoms with E-state index in [0.29, 0.717) is 26.3 Å². The third-order valence-corrected chi connectivity index (χ3v) is 12.9. The Balaban J connectivity index is 4.26. The lowest BCUT2D eigenvalue weighted by Gasteiger charge is -2.38. The molecule has 0 aliphatic rings. The van der Waals surface area contributed by atoms with E-state index in [2.05, 4.69) is 45.8 Å². The minimum Gasteiger partial charge on any atom is -0.437 e. The van der Waals surface area contributed by atoms with Gasteiger partial charge in [0, 0.05) is 19.7 Å². The molecule has 0 aliphatic heterocycles. The summed E-state index contributed by atoms with van der Waals surface area (Å²) >= 11 is 0. The maximum atomic E-state index is 9.93. The zero-order valence-electron chi connectivity index (χ0n) is 17.6. The summed E-state index contributed by atoms with van der Waals surface area (Å²) in [4.78, 5) is 1.89. The van der Waals surface area contributed by atoms with E-state index in [1.54, 1.807) is 0 Å². The van der Waals surface area contributed by atoms with Crippen LogP contribution in [0, 0.1) is 0 Å². The van der Waals surface area contributed by atoms with E-state index in [-0.39, 0.29) is 6.61 Å². The number of aliphatic hydroxyl groups is 2. The molecule has 1 unspecified atom stereocenters. The van der Waals surface area contributed by atoms with Gasteiger partial charge in [0.15, 0.2) is 16.6 Å². The summed E-state index contributed by atoms with van der Waals surface area (Å²) in [7, 11) is -3.62. The molecule has 152 valence electrons. The average molecular weight is 412 g/mol. The molecular formula is C16H41NO5Si3. The summed E-state index contributed by atoms with van der Waals surface area (Å²) in [5.74, 6) is 0. The van der Waals surface area contributed by atoms with Crippen LogP contribution in [0.4, 0.5) is 0 Å². The van der Waals surface area contributed by atoms with Crippen LogP contribution in [0.1, 0.15) is 6.42 Å². The van der Waals surface area contributed by atoms with Crippen molar-refractivity contribution in [2.45, 2.75) is 64.4 Å². The second-order valence-electron chi connectivity index (χ2n) is 8.88. The number of hydrogen-bond acceptors (Lipinski definition) is 6. The van der Waals surface area contributed by atoms with Crippen LogP contribution in [-0.4, -0.2) is 86.4 Å². The summed E-state index contributed by atoms with van der Waals surface area (Å²) < 4.78 is 18.6. The molecule has 0 spiro atoms. The van der Waals surface area contributed by atoms with Crippen LogP contribution in [0.2, 0.25) is 51.9 Å². The molecule has 0 saturated heterocycles. The van der Waals surface area contributed by atoms with Gasteiger partial charge in [-0.2, -0.15) is 0 Å². The van der Waals surface area contributed by atoms with Crippen molar-refractivity contribution in [2.75, 3.05) is 40.0 Å². The van der Waals surface area contributed by atoms with Crippen molar-refractivity contribution in [1.82, 2.24) is 4.90 Å². The van der Waals surface area contributed by atoms with Crippen LogP contribution >= 0.6 is 0 Å². The molecule has 6 nitrogen and oxygen atoms in total. The van der Waals surface area contributed by atoms with Gasteiger partial charge in [0.1, 0.15) is 0 Å². The Kier molecular flexibility index (Phi) is 11.5. The molecule has 1 atom stereocenters. The summed E-state index contributed by atoms with van der Waals surface area (Å²) in [5.41, 5.74) is 0. The molecule has 9 heteroatoms. The third-order valence-electron chi connectivity index (χ3n) is 3.28. The van der Waals surface area contributed by atoms with E-state index in [9.17, 15) is 5.11 Å². The fraction of sp³-hybridized carbons (Fsp3) is 1.00.